The summed E-state index contributed by atoms with van der Waals surface area (Å²) in [4.78, 5) is 16.4. The fourth-order valence-electron chi connectivity index (χ4n) is 1.83. The predicted molar refractivity (Wildman–Crippen MR) is 70.7 cm³/mol. The van der Waals surface area contributed by atoms with E-state index in [1.54, 1.807) is 16.0 Å². The molecule has 0 aliphatic heterocycles. The monoisotopic (exact) mass is 264 g/mol. The van der Waals surface area contributed by atoms with Crippen LogP contribution in [0.4, 0.5) is 0 Å². The number of thiazole rings is 1. The minimum absolute atomic E-state index is 0.0917. The molecular weight excluding hydrogens is 248 g/mol. The van der Waals surface area contributed by atoms with Crippen LogP contribution in [0.5, 0.6) is 0 Å². The van der Waals surface area contributed by atoms with Gasteiger partial charge in [0.2, 0.25) is 0 Å². The van der Waals surface area contributed by atoms with Crippen LogP contribution in [0.3, 0.4) is 0 Å². The van der Waals surface area contributed by atoms with Gasteiger partial charge >= 0.3 is 0 Å². The molecule has 0 bridgehead atoms. The molecule has 0 spiro atoms. The Morgan fingerprint density at radius 3 is 2.67 bits per heavy atom. The molecule has 1 amide bonds. The van der Waals surface area contributed by atoms with Gasteiger partial charge in [0, 0.05) is 23.8 Å². The number of hydrogen-bond donors (Lipinski definition) is 1. The van der Waals surface area contributed by atoms with Crippen molar-refractivity contribution in [2.75, 3.05) is 0 Å². The Balaban J connectivity index is 2.08. The number of nitrogens with one attached hydrogen (secondary N) is 1. The van der Waals surface area contributed by atoms with E-state index < -0.39 is 0 Å². The molecular formula is C12H16N4OS. The Hall–Kier alpha value is -1.69. The average Bonchev–Trinajstić information content (AvgIpc) is 2.82. The zero-order chi connectivity index (χ0) is 13.3. The summed E-state index contributed by atoms with van der Waals surface area (Å²) >= 11 is 1.55. The largest absolute Gasteiger partial charge is 0.345 e. The lowest BCUT2D eigenvalue weighted by atomic mass is 10.2. The molecule has 0 aromatic carbocycles. The van der Waals surface area contributed by atoms with Crippen molar-refractivity contribution in [3.8, 4) is 0 Å². The number of carbonyl (C=O) groups excluding carboxylic acids is 1. The first-order chi connectivity index (χ1) is 8.49. The molecule has 0 aliphatic carbocycles. The van der Waals surface area contributed by atoms with Crippen LogP contribution in [0.15, 0.2) is 5.38 Å². The van der Waals surface area contributed by atoms with E-state index >= 15 is 0 Å². The third kappa shape index (κ3) is 2.43. The van der Waals surface area contributed by atoms with Crippen LogP contribution in [0.25, 0.3) is 0 Å². The molecule has 2 heterocycles. The molecule has 2 aromatic rings. The summed E-state index contributed by atoms with van der Waals surface area (Å²) in [6.07, 6.45) is 0. The van der Waals surface area contributed by atoms with Gasteiger partial charge in [-0.05, 0) is 20.8 Å². The lowest BCUT2D eigenvalue weighted by Crippen LogP contribution is -2.24. The number of nitrogens with zero attached hydrogens (tertiary/aromatic N) is 3. The molecule has 0 radical (unpaired) electrons. The summed E-state index contributed by atoms with van der Waals surface area (Å²) in [5.74, 6) is -0.0917. The smallest absolute Gasteiger partial charge is 0.255 e. The molecule has 1 N–H and O–H groups in total. The molecule has 0 atom stereocenters. The molecule has 6 heteroatoms. The molecule has 18 heavy (non-hydrogen) atoms. The SMILES string of the molecule is Cc1csc(CNC(=O)c2c(C)nn(C)c2C)n1. The second-order valence-corrected chi connectivity index (χ2v) is 5.18. The summed E-state index contributed by atoms with van der Waals surface area (Å²) in [5, 5.41) is 10.0. The van der Waals surface area contributed by atoms with E-state index in [-0.39, 0.29) is 5.91 Å². The van der Waals surface area contributed by atoms with Gasteiger partial charge in [0.1, 0.15) is 5.01 Å². The number of carbonyl (C=O) groups is 1. The maximum atomic E-state index is 12.1. The summed E-state index contributed by atoms with van der Waals surface area (Å²) in [5.41, 5.74) is 3.27. The van der Waals surface area contributed by atoms with E-state index in [9.17, 15) is 4.79 Å². The minimum atomic E-state index is -0.0917. The van der Waals surface area contributed by atoms with Crippen molar-refractivity contribution in [3.05, 3.63) is 33.0 Å². The number of aryl methyl sites for hydroxylation is 3. The molecule has 2 rings (SSSR count). The first-order valence-corrected chi connectivity index (χ1v) is 6.56. The van der Waals surface area contributed by atoms with Crippen molar-refractivity contribution in [1.82, 2.24) is 20.1 Å². The average molecular weight is 264 g/mol. The fourth-order valence-corrected chi connectivity index (χ4v) is 2.54. The number of hydrogen-bond acceptors (Lipinski definition) is 4. The van der Waals surface area contributed by atoms with Crippen molar-refractivity contribution in [2.24, 2.45) is 7.05 Å². The van der Waals surface area contributed by atoms with Crippen molar-refractivity contribution in [3.63, 3.8) is 0 Å². The Morgan fingerprint density at radius 1 is 1.44 bits per heavy atom. The summed E-state index contributed by atoms with van der Waals surface area (Å²) in [6, 6.07) is 0. The van der Waals surface area contributed by atoms with Crippen molar-refractivity contribution < 1.29 is 4.79 Å². The Morgan fingerprint density at radius 2 is 2.17 bits per heavy atom. The van der Waals surface area contributed by atoms with Gasteiger partial charge in [-0.15, -0.1) is 11.3 Å². The van der Waals surface area contributed by atoms with Crippen molar-refractivity contribution in [1.29, 1.82) is 0 Å². The Bertz CT molecular complexity index is 585. The molecule has 5 nitrogen and oxygen atoms in total. The second kappa shape index (κ2) is 4.89. The first-order valence-electron chi connectivity index (χ1n) is 5.68. The highest BCUT2D eigenvalue weighted by Crippen LogP contribution is 2.13. The van der Waals surface area contributed by atoms with Gasteiger partial charge in [0.25, 0.3) is 5.91 Å². The predicted octanol–water partition coefficient (Wildman–Crippen LogP) is 1.73. The van der Waals surface area contributed by atoms with Crippen molar-refractivity contribution in [2.45, 2.75) is 27.3 Å². The zero-order valence-corrected chi connectivity index (χ0v) is 11.8. The Labute approximate surface area is 110 Å². The molecule has 96 valence electrons. The lowest BCUT2D eigenvalue weighted by molar-refractivity contribution is 0.0949. The topological polar surface area (TPSA) is 59.8 Å². The molecule has 0 unspecified atom stereocenters. The highest BCUT2D eigenvalue weighted by molar-refractivity contribution is 7.09. The second-order valence-electron chi connectivity index (χ2n) is 4.23. The Kier molecular flexibility index (Phi) is 3.47. The van der Waals surface area contributed by atoms with E-state index in [1.807, 2.05) is 33.2 Å². The molecule has 0 saturated heterocycles. The summed E-state index contributed by atoms with van der Waals surface area (Å²) in [6.45, 7) is 6.14. The van der Waals surface area contributed by atoms with Crippen LogP contribution >= 0.6 is 11.3 Å². The van der Waals surface area contributed by atoms with Gasteiger partial charge in [0.15, 0.2) is 0 Å². The molecule has 0 saturated carbocycles. The third-order valence-corrected chi connectivity index (χ3v) is 3.77. The van der Waals surface area contributed by atoms with Crippen LogP contribution in [-0.2, 0) is 13.6 Å². The molecule has 0 aliphatic rings. The minimum Gasteiger partial charge on any atom is -0.345 e. The highest BCUT2D eigenvalue weighted by Gasteiger charge is 2.17. The standard InChI is InChI=1S/C12H16N4OS/c1-7-6-18-10(14-7)5-13-12(17)11-8(2)15-16(4)9(11)3/h6H,5H2,1-4H3,(H,13,17). The van der Waals surface area contributed by atoms with E-state index in [0.29, 0.717) is 12.1 Å². The molecule has 0 fully saturated rings. The maximum absolute atomic E-state index is 12.1. The lowest BCUT2D eigenvalue weighted by Gasteiger charge is -2.03. The van der Waals surface area contributed by atoms with Crippen LogP contribution in [0.1, 0.15) is 32.4 Å². The summed E-state index contributed by atoms with van der Waals surface area (Å²) in [7, 11) is 1.84. The zero-order valence-electron chi connectivity index (χ0n) is 10.9. The van der Waals surface area contributed by atoms with Crippen molar-refractivity contribution >= 4 is 17.2 Å². The van der Waals surface area contributed by atoms with Gasteiger partial charge < -0.3 is 5.32 Å². The third-order valence-electron chi connectivity index (χ3n) is 2.80. The van der Waals surface area contributed by atoms with E-state index in [0.717, 1.165) is 22.1 Å². The number of rotatable bonds is 3. The van der Waals surface area contributed by atoms with E-state index in [4.69, 9.17) is 0 Å². The fraction of sp³-hybridized carbons (Fsp3) is 0.417. The number of amides is 1. The normalized spacial score (nSPS) is 10.7. The van der Waals surface area contributed by atoms with Crippen LogP contribution in [0, 0.1) is 20.8 Å². The van der Waals surface area contributed by atoms with Crippen LogP contribution in [0.2, 0.25) is 0 Å². The van der Waals surface area contributed by atoms with Gasteiger partial charge in [0.05, 0.1) is 17.8 Å². The van der Waals surface area contributed by atoms with Gasteiger partial charge in [-0.1, -0.05) is 0 Å². The van der Waals surface area contributed by atoms with Crippen LogP contribution in [-0.4, -0.2) is 20.7 Å². The number of aromatic nitrogens is 3. The van der Waals surface area contributed by atoms with Gasteiger partial charge in [-0.2, -0.15) is 5.10 Å². The van der Waals surface area contributed by atoms with Crippen LogP contribution < -0.4 is 5.32 Å². The van der Waals surface area contributed by atoms with Gasteiger partial charge in [-0.3, -0.25) is 9.48 Å². The maximum Gasteiger partial charge on any atom is 0.255 e. The summed E-state index contributed by atoms with van der Waals surface area (Å²) < 4.78 is 1.72. The molecule has 2 aromatic heterocycles. The highest BCUT2D eigenvalue weighted by atomic mass is 32.1. The van der Waals surface area contributed by atoms with Gasteiger partial charge in [-0.25, -0.2) is 4.98 Å². The first kappa shape index (κ1) is 12.8. The van der Waals surface area contributed by atoms with E-state index in [2.05, 4.69) is 15.4 Å². The van der Waals surface area contributed by atoms with E-state index in [1.165, 1.54) is 0 Å². The quantitative estimate of drug-likeness (QED) is 0.918.